The van der Waals surface area contributed by atoms with Crippen LogP contribution in [0.4, 0.5) is 39.0 Å². The van der Waals surface area contributed by atoms with Crippen LogP contribution in [0.1, 0.15) is 0 Å². The van der Waals surface area contributed by atoms with Crippen LogP contribution >= 0.6 is 11.8 Å². The predicted molar refractivity (Wildman–Crippen MR) is 171 cm³/mol. The fourth-order valence-electron chi connectivity index (χ4n) is 4.08. The molecule has 0 bridgehead atoms. The average Bonchev–Trinajstić information content (AvgIpc) is 2.97. The molecule has 0 atom stereocenters. The van der Waals surface area contributed by atoms with Gasteiger partial charge >= 0.3 is 6.08 Å². The van der Waals surface area contributed by atoms with Gasteiger partial charge in [-0.3, -0.25) is 13.7 Å². The highest BCUT2D eigenvalue weighted by atomic mass is 32.2. The highest BCUT2D eigenvalue weighted by Gasteiger charge is 2.25. The van der Waals surface area contributed by atoms with Crippen molar-refractivity contribution in [3.05, 3.63) is 42.5 Å². The largest absolute Gasteiger partial charge is 0.507 e. The lowest BCUT2D eigenvalue weighted by Crippen LogP contribution is -2.24. The van der Waals surface area contributed by atoms with Crippen molar-refractivity contribution in [1.29, 1.82) is 0 Å². The number of nitrogens with zero attached hydrogens (tertiary/aromatic N) is 6. The molecule has 48 heavy (non-hydrogen) atoms. The topological polar surface area (TPSA) is 308 Å². The van der Waals surface area contributed by atoms with Crippen molar-refractivity contribution < 1.29 is 53.5 Å². The minimum absolute atomic E-state index is 0.00916. The number of azo groups is 1. The number of hydrogen-bond acceptors (Lipinski definition) is 17. The summed E-state index contributed by atoms with van der Waals surface area (Å²) in [7, 11) is -13.5. The first kappa shape index (κ1) is 36.5. The van der Waals surface area contributed by atoms with Gasteiger partial charge in [0.25, 0.3) is 30.4 Å². The second-order valence-corrected chi connectivity index (χ2v) is 15.0. The first-order chi connectivity index (χ1) is 22.3. The van der Waals surface area contributed by atoms with E-state index in [4.69, 9.17) is 10.8 Å². The summed E-state index contributed by atoms with van der Waals surface area (Å²) in [5.41, 5.74) is 3.78. The zero-order chi connectivity index (χ0) is 35.6. The molecule has 0 saturated carbocycles. The van der Waals surface area contributed by atoms with Gasteiger partial charge < -0.3 is 26.2 Å². The summed E-state index contributed by atoms with van der Waals surface area (Å²) in [6.45, 7) is 0.372. The summed E-state index contributed by atoms with van der Waals surface area (Å²) >= 11 is 1.44. The standard InChI is InChI=1S/C24H25FN8O11S4/c1-33(4-6-45-7-5-34)24-29-22(25)28-23(30-24)27-13-2-3-15(17(10-13)47(39,40)41)31-32-21-19-12(9-18(20(21)26)48(42,43)44)8-14(11-16(19)35)46(36,37)38/h2-3,8-11,34-35H,4-7,26H2,1H3,(H,36,37,38)(H,39,40,41)(H,42,43,44)(H,27,28,29,30). The van der Waals surface area contributed by atoms with Crippen molar-refractivity contribution in [3.63, 3.8) is 0 Å². The number of nitrogens with one attached hydrogen (secondary N) is 1. The molecule has 0 fully saturated rings. The Kier molecular flexibility index (Phi) is 10.7. The number of halogens is 1. The van der Waals surface area contributed by atoms with E-state index in [1.165, 1.54) is 22.7 Å². The molecule has 8 N–H and O–H groups in total. The van der Waals surface area contributed by atoms with Gasteiger partial charge in [0.15, 0.2) is 0 Å². The Morgan fingerprint density at radius 3 is 2.23 bits per heavy atom. The summed E-state index contributed by atoms with van der Waals surface area (Å²) in [5.74, 6) is -0.231. The fraction of sp³-hybridized carbons (Fsp3) is 0.208. The molecule has 4 aromatic rings. The number of benzene rings is 3. The van der Waals surface area contributed by atoms with E-state index in [2.05, 4.69) is 30.5 Å². The molecule has 1 aromatic heterocycles. The number of phenols is 1. The number of aromatic hydroxyl groups is 1. The molecule has 0 amide bonds. The maximum atomic E-state index is 14.2. The van der Waals surface area contributed by atoms with E-state index in [1.807, 2.05) is 0 Å². The second kappa shape index (κ2) is 14.0. The number of phenolic OH excluding ortho intramolecular Hbond substituents is 1. The van der Waals surface area contributed by atoms with Crippen LogP contribution < -0.4 is 16.0 Å². The Labute approximate surface area is 276 Å². The number of aromatic nitrogens is 3. The van der Waals surface area contributed by atoms with E-state index in [0.29, 0.717) is 30.2 Å². The fourth-order valence-corrected chi connectivity index (χ4v) is 6.65. The average molecular weight is 749 g/mol. The van der Waals surface area contributed by atoms with Crippen molar-refractivity contribution >= 4 is 87.5 Å². The molecule has 0 radical (unpaired) electrons. The zero-order valence-electron chi connectivity index (χ0n) is 24.2. The Hall–Kier alpha value is -4.30. The van der Waals surface area contributed by atoms with Gasteiger partial charge in [-0.15, -0.1) is 10.2 Å². The number of fused-ring (bicyclic) bond motifs is 1. The highest BCUT2D eigenvalue weighted by Crippen LogP contribution is 2.44. The smallest absolute Gasteiger partial charge is 0.315 e. The first-order valence-corrected chi connectivity index (χ1v) is 18.4. The SMILES string of the molecule is CN(CCSCCO)c1nc(F)nc(Nc2ccc(N=Nc3c(N)c(S(=O)(=O)O)cc4cc(S(=O)(=O)O)cc(O)c34)c(S(=O)(=O)O)c2)n1. The van der Waals surface area contributed by atoms with Crippen LogP contribution in [0.5, 0.6) is 5.75 Å². The van der Waals surface area contributed by atoms with Crippen molar-refractivity contribution in [3.8, 4) is 5.75 Å². The Balaban J connectivity index is 1.77. The van der Waals surface area contributed by atoms with Crippen molar-refractivity contribution in [2.75, 3.05) is 47.7 Å². The van der Waals surface area contributed by atoms with E-state index in [9.17, 15) is 48.4 Å². The molecule has 258 valence electrons. The van der Waals surface area contributed by atoms with Crippen LogP contribution in [-0.2, 0) is 30.4 Å². The maximum Gasteiger partial charge on any atom is 0.315 e. The first-order valence-electron chi connectivity index (χ1n) is 13.0. The molecule has 0 aliphatic rings. The molecule has 4 rings (SSSR count). The van der Waals surface area contributed by atoms with Gasteiger partial charge in [0.2, 0.25) is 11.9 Å². The molecule has 19 nitrogen and oxygen atoms in total. The molecule has 0 unspecified atom stereocenters. The Morgan fingerprint density at radius 1 is 0.917 bits per heavy atom. The summed E-state index contributed by atoms with van der Waals surface area (Å²) < 4.78 is 115. The number of nitrogen functional groups attached to an aromatic ring is 1. The third-order valence-corrected chi connectivity index (χ3v) is 9.79. The molecular formula is C24H25FN8O11S4. The molecule has 0 aliphatic heterocycles. The van der Waals surface area contributed by atoms with Gasteiger partial charge in [-0.1, -0.05) is 0 Å². The normalized spacial score (nSPS) is 12.5. The monoisotopic (exact) mass is 748 g/mol. The van der Waals surface area contributed by atoms with Gasteiger partial charge in [0.1, 0.15) is 26.9 Å². The minimum atomic E-state index is -5.10. The van der Waals surface area contributed by atoms with Crippen molar-refractivity contribution in [2.24, 2.45) is 10.2 Å². The second-order valence-electron chi connectivity index (χ2n) is 9.60. The summed E-state index contributed by atoms with van der Waals surface area (Å²) in [5, 5.41) is 28.7. The molecule has 0 saturated heterocycles. The van der Waals surface area contributed by atoms with E-state index >= 15 is 0 Å². The van der Waals surface area contributed by atoms with Gasteiger partial charge in [-0.25, -0.2) is 0 Å². The number of aliphatic hydroxyl groups excluding tert-OH is 1. The summed E-state index contributed by atoms with van der Waals surface area (Å²) in [4.78, 5) is 10.0. The summed E-state index contributed by atoms with van der Waals surface area (Å²) in [6, 6.07) is 5.10. The predicted octanol–water partition coefficient (Wildman–Crippen LogP) is 2.51. The van der Waals surface area contributed by atoms with Crippen LogP contribution in [0.3, 0.4) is 0 Å². The van der Waals surface area contributed by atoms with Crippen molar-refractivity contribution in [2.45, 2.75) is 14.7 Å². The van der Waals surface area contributed by atoms with Crippen LogP contribution in [0.25, 0.3) is 10.8 Å². The number of thioether (sulfide) groups is 1. The van der Waals surface area contributed by atoms with E-state index < -0.39 is 84.7 Å². The minimum Gasteiger partial charge on any atom is -0.507 e. The number of anilines is 4. The zero-order valence-corrected chi connectivity index (χ0v) is 27.5. The van der Waals surface area contributed by atoms with Gasteiger partial charge in [0.05, 0.1) is 22.6 Å². The van der Waals surface area contributed by atoms with Crippen molar-refractivity contribution in [1.82, 2.24) is 15.0 Å². The maximum absolute atomic E-state index is 14.2. The molecule has 1 heterocycles. The number of hydrogen-bond donors (Lipinski definition) is 7. The lowest BCUT2D eigenvalue weighted by atomic mass is 10.1. The molecule has 0 aliphatic carbocycles. The van der Waals surface area contributed by atoms with Gasteiger partial charge in [-0.2, -0.15) is 56.4 Å². The van der Waals surface area contributed by atoms with E-state index in [-0.39, 0.29) is 24.2 Å². The van der Waals surface area contributed by atoms with Crippen LogP contribution in [0.2, 0.25) is 0 Å². The third kappa shape index (κ3) is 8.58. The lowest BCUT2D eigenvalue weighted by Gasteiger charge is -2.17. The number of rotatable bonds is 13. The third-order valence-electron chi connectivity index (χ3n) is 6.24. The van der Waals surface area contributed by atoms with Gasteiger partial charge in [-0.05, 0) is 35.7 Å². The van der Waals surface area contributed by atoms with Crippen LogP contribution in [0, 0.1) is 6.08 Å². The highest BCUT2D eigenvalue weighted by molar-refractivity contribution is 7.99. The molecule has 24 heteroatoms. The molecule has 0 spiro atoms. The van der Waals surface area contributed by atoms with Gasteiger partial charge in [0, 0.05) is 36.9 Å². The van der Waals surface area contributed by atoms with E-state index in [1.54, 1.807) is 7.05 Å². The summed E-state index contributed by atoms with van der Waals surface area (Å²) in [6.07, 6.45) is -1.17. The van der Waals surface area contributed by atoms with Crippen LogP contribution in [0.15, 0.2) is 61.3 Å². The number of aliphatic hydroxyl groups is 1. The molecule has 3 aromatic carbocycles. The molecular weight excluding hydrogens is 724 g/mol. The lowest BCUT2D eigenvalue weighted by molar-refractivity contribution is 0.322. The number of nitrogens with two attached hydrogens (primary N) is 1. The van der Waals surface area contributed by atoms with Crippen LogP contribution in [-0.4, -0.2) is 95.8 Å². The Morgan fingerprint density at radius 2 is 1.60 bits per heavy atom. The Bertz CT molecular complexity index is 2260. The van der Waals surface area contributed by atoms with E-state index in [0.717, 1.165) is 18.2 Å². The quantitative estimate of drug-likeness (QED) is 0.0447.